The Kier molecular flexibility index (Phi) is 6.53. The third-order valence-electron chi connectivity index (χ3n) is 5.39. The van der Waals surface area contributed by atoms with E-state index in [4.69, 9.17) is 4.74 Å². The van der Waals surface area contributed by atoms with E-state index in [0.717, 1.165) is 35.8 Å². The minimum atomic E-state index is -0.284. The predicted octanol–water partition coefficient (Wildman–Crippen LogP) is 3.15. The Bertz CT molecular complexity index is 1060. The second kappa shape index (κ2) is 9.67. The Balaban J connectivity index is 1.36. The molecule has 0 bridgehead atoms. The number of halogens is 1. The standard InChI is InChI=1S/C23H27FN6O2/c1-3-32-22-14-20(8-9-21(22)30-16-26-17(2)27-30)28-10-12-29(13-11-28)23(31)25-15-18-4-6-19(24)7-5-18/h4-9,14,16H,3,10-13,15H2,1-2H3,(H,25,31). The molecule has 2 amide bonds. The molecule has 0 aliphatic carbocycles. The van der Waals surface area contributed by atoms with Crippen LogP contribution in [0.3, 0.4) is 0 Å². The number of nitrogens with one attached hydrogen (secondary N) is 1. The number of aryl methyl sites for hydroxylation is 1. The van der Waals surface area contributed by atoms with Crippen LogP contribution in [0.4, 0.5) is 14.9 Å². The average molecular weight is 439 g/mol. The summed E-state index contributed by atoms with van der Waals surface area (Å²) in [5.41, 5.74) is 2.75. The number of benzene rings is 2. The van der Waals surface area contributed by atoms with Crippen LogP contribution in [0, 0.1) is 12.7 Å². The predicted molar refractivity (Wildman–Crippen MR) is 120 cm³/mol. The normalized spacial score (nSPS) is 13.8. The number of hydrogen-bond acceptors (Lipinski definition) is 5. The molecule has 8 nitrogen and oxygen atoms in total. The first-order chi connectivity index (χ1) is 15.5. The van der Waals surface area contributed by atoms with Crippen LogP contribution in [-0.4, -0.2) is 58.5 Å². The molecule has 0 unspecified atom stereocenters. The number of hydrogen-bond donors (Lipinski definition) is 1. The van der Waals surface area contributed by atoms with Crippen LogP contribution in [-0.2, 0) is 6.54 Å². The van der Waals surface area contributed by atoms with E-state index in [9.17, 15) is 9.18 Å². The Morgan fingerprint density at radius 2 is 1.88 bits per heavy atom. The molecule has 0 atom stereocenters. The van der Waals surface area contributed by atoms with Crippen molar-refractivity contribution in [2.75, 3.05) is 37.7 Å². The fourth-order valence-electron chi connectivity index (χ4n) is 3.68. The summed E-state index contributed by atoms with van der Waals surface area (Å²) in [6.07, 6.45) is 1.68. The number of piperazine rings is 1. The highest BCUT2D eigenvalue weighted by molar-refractivity contribution is 5.74. The molecule has 1 aliphatic rings. The Labute approximate surface area is 186 Å². The zero-order chi connectivity index (χ0) is 22.5. The maximum Gasteiger partial charge on any atom is 0.317 e. The lowest BCUT2D eigenvalue weighted by atomic mass is 10.2. The van der Waals surface area contributed by atoms with Crippen LogP contribution in [0.1, 0.15) is 18.3 Å². The number of aromatic nitrogens is 3. The molecule has 1 saturated heterocycles. The van der Waals surface area contributed by atoms with Crippen molar-refractivity contribution >= 4 is 11.7 Å². The molecule has 168 valence electrons. The largest absolute Gasteiger partial charge is 0.492 e. The van der Waals surface area contributed by atoms with Gasteiger partial charge in [0, 0.05) is 44.5 Å². The van der Waals surface area contributed by atoms with Gasteiger partial charge in [0.05, 0.1) is 6.61 Å². The van der Waals surface area contributed by atoms with Crippen molar-refractivity contribution in [3.05, 3.63) is 66.0 Å². The molecule has 2 aromatic carbocycles. The van der Waals surface area contributed by atoms with E-state index in [1.165, 1.54) is 12.1 Å². The van der Waals surface area contributed by atoms with Crippen LogP contribution in [0.25, 0.3) is 5.69 Å². The van der Waals surface area contributed by atoms with Gasteiger partial charge in [0.1, 0.15) is 29.4 Å². The Morgan fingerprint density at radius 1 is 1.12 bits per heavy atom. The minimum absolute atomic E-state index is 0.110. The molecule has 0 radical (unpaired) electrons. The number of carbonyl (C=O) groups is 1. The zero-order valence-electron chi connectivity index (χ0n) is 18.3. The van der Waals surface area contributed by atoms with Crippen molar-refractivity contribution in [3.8, 4) is 11.4 Å². The van der Waals surface area contributed by atoms with Gasteiger partial charge in [-0.15, -0.1) is 0 Å². The lowest BCUT2D eigenvalue weighted by Crippen LogP contribution is -2.51. The highest BCUT2D eigenvalue weighted by atomic mass is 19.1. The average Bonchev–Trinajstić information content (AvgIpc) is 3.25. The Morgan fingerprint density at radius 3 is 2.53 bits per heavy atom. The summed E-state index contributed by atoms with van der Waals surface area (Å²) in [5.74, 6) is 1.16. The quantitative estimate of drug-likeness (QED) is 0.640. The number of nitrogens with zero attached hydrogens (tertiary/aromatic N) is 5. The van der Waals surface area contributed by atoms with E-state index in [0.29, 0.717) is 32.1 Å². The molecular weight excluding hydrogens is 411 g/mol. The van der Waals surface area contributed by atoms with Crippen molar-refractivity contribution in [2.45, 2.75) is 20.4 Å². The molecule has 3 aromatic rings. The highest BCUT2D eigenvalue weighted by Gasteiger charge is 2.22. The van der Waals surface area contributed by atoms with Gasteiger partial charge in [-0.2, -0.15) is 5.10 Å². The van der Waals surface area contributed by atoms with Gasteiger partial charge in [-0.3, -0.25) is 0 Å². The smallest absolute Gasteiger partial charge is 0.317 e. The van der Waals surface area contributed by atoms with Gasteiger partial charge in [0.25, 0.3) is 0 Å². The third kappa shape index (κ3) is 4.99. The molecule has 0 spiro atoms. The summed E-state index contributed by atoms with van der Waals surface area (Å²) in [6, 6.07) is 12.1. The van der Waals surface area contributed by atoms with Crippen LogP contribution in [0.2, 0.25) is 0 Å². The lowest BCUT2D eigenvalue weighted by Gasteiger charge is -2.36. The molecule has 9 heteroatoms. The number of carbonyl (C=O) groups excluding carboxylic acids is 1. The van der Waals surface area contributed by atoms with Crippen molar-refractivity contribution in [2.24, 2.45) is 0 Å². The number of ether oxygens (including phenoxy) is 1. The summed E-state index contributed by atoms with van der Waals surface area (Å²) in [6.45, 7) is 7.39. The number of rotatable bonds is 6. The number of anilines is 1. The molecule has 1 N–H and O–H groups in total. The van der Waals surface area contributed by atoms with E-state index >= 15 is 0 Å². The van der Waals surface area contributed by atoms with E-state index in [1.54, 1.807) is 28.0 Å². The van der Waals surface area contributed by atoms with Crippen LogP contribution in [0.5, 0.6) is 5.75 Å². The number of amides is 2. The summed E-state index contributed by atoms with van der Waals surface area (Å²) in [5, 5.41) is 7.29. The van der Waals surface area contributed by atoms with Crippen LogP contribution < -0.4 is 15.0 Å². The summed E-state index contributed by atoms with van der Waals surface area (Å²) < 4.78 is 20.6. The maximum atomic E-state index is 13.0. The lowest BCUT2D eigenvalue weighted by molar-refractivity contribution is 0.194. The molecule has 4 rings (SSSR count). The summed E-state index contributed by atoms with van der Waals surface area (Å²) in [4.78, 5) is 20.7. The van der Waals surface area contributed by atoms with Gasteiger partial charge in [-0.1, -0.05) is 12.1 Å². The van der Waals surface area contributed by atoms with Crippen LogP contribution >= 0.6 is 0 Å². The SMILES string of the molecule is CCOc1cc(N2CCN(C(=O)NCc3ccc(F)cc3)CC2)ccc1-n1cnc(C)n1. The third-order valence-corrected chi connectivity index (χ3v) is 5.39. The second-order valence-corrected chi connectivity index (χ2v) is 7.58. The summed E-state index contributed by atoms with van der Waals surface area (Å²) in [7, 11) is 0. The van der Waals surface area contributed by atoms with Crippen LogP contribution in [0.15, 0.2) is 48.8 Å². The van der Waals surface area contributed by atoms with Crippen molar-refractivity contribution in [1.29, 1.82) is 0 Å². The molecule has 1 aliphatic heterocycles. The first kappa shape index (κ1) is 21.6. The summed E-state index contributed by atoms with van der Waals surface area (Å²) >= 11 is 0. The van der Waals surface area contributed by atoms with E-state index in [-0.39, 0.29) is 11.8 Å². The van der Waals surface area contributed by atoms with Gasteiger partial charge in [0.15, 0.2) is 0 Å². The first-order valence-electron chi connectivity index (χ1n) is 10.7. The maximum absolute atomic E-state index is 13.0. The molecule has 1 fully saturated rings. The van der Waals surface area contributed by atoms with Gasteiger partial charge >= 0.3 is 6.03 Å². The van der Waals surface area contributed by atoms with Crippen molar-refractivity contribution in [3.63, 3.8) is 0 Å². The fraction of sp³-hybridized carbons (Fsp3) is 0.348. The second-order valence-electron chi connectivity index (χ2n) is 7.58. The van der Waals surface area contributed by atoms with Gasteiger partial charge in [-0.25, -0.2) is 18.9 Å². The number of urea groups is 1. The molecule has 2 heterocycles. The van der Waals surface area contributed by atoms with Gasteiger partial charge in [-0.05, 0) is 43.7 Å². The van der Waals surface area contributed by atoms with Crippen molar-refractivity contribution in [1.82, 2.24) is 25.0 Å². The topological polar surface area (TPSA) is 75.5 Å². The minimum Gasteiger partial charge on any atom is -0.492 e. The van der Waals surface area contributed by atoms with E-state index in [2.05, 4.69) is 20.3 Å². The first-order valence-corrected chi connectivity index (χ1v) is 10.7. The highest BCUT2D eigenvalue weighted by Crippen LogP contribution is 2.29. The molecule has 1 aromatic heterocycles. The zero-order valence-corrected chi connectivity index (χ0v) is 18.3. The van der Waals surface area contributed by atoms with E-state index < -0.39 is 0 Å². The van der Waals surface area contributed by atoms with E-state index in [1.807, 2.05) is 32.0 Å². The van der Waals surface area contributed by atoms with Gasteiger partial charge < -0.3 is 19.9 Å². The Hall–Kier alpha value is -3.62. The molecular formula is C23H27FN6O2. The monoisotopic (exact) mass is 438 g/mol. The van der Waals surface area contributed by atoms with Gasteiger partial charge in [0.2, 0.25) is 0 Å². The molecule has 32 heavy (non-hydrogen) atoms. The fourth-order valence-corrected chi connectivity index (χ4v) is 3.68. The van der Waals surface area contributed by atoms with Crippen molar-refractivity contribution < 1.29 is 13.9 Å². The molecule has 0 saturated carbocycles.